The lowest BCUT2D eigenvalue weighted by Crippen LogP contribution is -2.39. The molecule has 0 aromatic carbocycles. The second-order valence-electron chi connectivity index (χ2n) is 23.6. The van der Waals surface area contributed by atoms with Crippen molar-refractivity contribution in [2.45, 2.75) is 337 Å². The maximum absolute atomic E-state index is 13.1. The van der Waals surface area contributed by atoms with Crippen molar-refractivity contribution in [3.63, 3.8) is 0 Å². The van der Waals surface area contributed by atoms with E-state index in [1.807, 2.05) is 0 Å². The Hall–Kier alpha value is -2.60. The highest BCUT2D eigenvalue weighted by Gasteiger charge is 2.20. The zero-order valence-electron chi connectivity index (χ0n) is 54.1. The van der Waals surface area contributed by atoms with E-state index in [-0.39, 0.29) is 37.4 Å². The first kappa shape index (κ1) is 77.4. The summed E-state index contributed by atoms with van der Waals surface area (Å²) in [6.45, 7) is 23.7. The summed E-state index contributed by atoms with van der Waals surface area (Å²) in [5, 5.41) is 0. The highest BCUT2D eigenvalue weighted by molar-refractivity contribution is 5.69. The second kappa shape index (κ2) is 59.6. The van der Waals surface area contributed by atoms with E-state index in [9.17, 15) is 19.2 Å². The van der Waals surface area contributed by atoms with Gasteiger partial charge in [0.2, 0.25) is 0 Å². The number of carbonyl (C=O) groups is 4. The number of ether oxygens (including phenoxy) is 6. The zero-order chi connectivity index (χ0) is 58.8. The van der Waals surface area contributed by atoms with Crippen LogP contribution in [0.5, 0.6) is 0 Å². The standard InChI is InChI=1S/C68H132N2O10/c1-9-17-23-35-45-61(43-21-13-5)59-77-65(71)51-41-33-29-27-31-39-49-63(47-37-25-19-11-3)79-67(73)75-57-55-70(54-53-69(15-7)16-8)56-58-76-68(74)80-64(48-38-26-20-12-4)50-40-32-28-30-34-42-52-66(72)78-60-62(44-22-14-6)46-36-24-18-10-2/h61-64H,9-60H2,1-8H3. The van der Waals surface area contributed by atoms with Gasteiger partial charge in [0.15, 0.2) is 0 Å². The summed E-state index contributed by atoms with van der Waals surface area (Å²) in [5.74, 6) is 0.912. The third-order valence-electron chi connectivity index (χ3n) is 16.3. The van der Waals surface area contributed by atoms with Gasteiger partial charge < -0.3 is 33.3 Å². The van der Waals surface area contributed by atoms with Crippen LogP contribution >= 0.6 is 0 Å². The van der Waals surface area contributed by atoms with Crippen LogP contribution in [0.4, 0.5) is 9.59 Å². The van der Waals surface area contributed by atoms with Crippen LogP contribution in [0.2, 0.25) is 0 Å². The van der Waals surface area contributed by atoms with Gasteiger partial charge in [0, 0.05) is 39.0 Å². The second-order valence-corrected chi connectivity index (χ2v) is 23.6. The lowest BCUT2D eigenvalue weighted by molar-refractivity contribution is -0.146. The Kier molecular flexibility index (Phi) is 57.6. The lowest BCUT2D eigenvalue weighted by atomic mass is 9.96. The third kappa shape index (κ3) is 51.1. The van der Waals surface area contributed by atoms with Gasteiger partial charge >= 0.3 is 24.2 Å². The number of carbonyl (C=O) groups excluding carboxylic acids is 4. The van der Waals surface area contributed by atoms with Crippen molar-refractivity contribution >= 4 is 24.2 Å². The summed E-state index contributed by atoms with van der Waals surface area (Å²) in [5.41, 5.74) is 0. The Balaban J connectivity index is 4.92. The Bertz CT molecular complexity index is 1270. The minimum Gasteiger partial charge on any atom is -0.465 e. The monoisotopic (exact) mass is 1140 g/mol. The molecule has 4 atom stereocenters. The highest BCUT2D eigenvalue weighted by atomic mass is 16.7. The maximum atomic E-state index is 13.1. The Morgan fingerprint density at radius 1 is 0.300 bits per heavy atom. The van der Waals surface area contributed by atoms with Crippen LogP contribution in [0.1, 0.15) is 325 Å². The fourth-order valence-corrected chi connectivity index (χ4v) is 10.7. The molecule has 0 aromatic rings. The summed E-state index contributed by atoms with van der Waals surface area (Å²) in [4.78, 5) is 55.9. The quantitative estimate of drug-likeness (QED) is 0.0326. The zero-order valence-corrected chi connectivity index (χ0v) is 54.1. The van der Waals surface area contributed by atoms with E-state index in [2.05, 4.69) is 65.2 Å². The predicted octanol–water partition coefficient (Wildman–Crippen LogP) is 19.5. The van der Waals surface area contributed by atoms with Crippen LogP contribution < -0.4 is 0 Å². The highest BCUT2D eigenvalue weighted by Crippen LogP contribution is 2.22. The molecular weight excluding hydrogens is 1000 g/mol. The fourth-order valence-electron chi connectivity index (χ4n) is 10.7. The van der Waals surface area contributed by atoms with Crippen LogP contribution in [0.3, 0.4) is 0 Å². The first-order valence-electron chi connectivity index (χ1n) is 34.5. The molecule has 0 bridgehead atoms. The van der Waals surface area contributed by atoms with Crippen molar-refractivity contribution in [1.29, 1.82) is 0 Å². The Labute approximate surface area is 494 Å². The minimum absolute atomic E-state index is 0.0435. The number of rotatable bonds is 61. The van der Waals surface area contributed by atoms with E-state index < -0.39 is 12.3 Å². The molecule has 0 fully saturated rings. The molecule has 0 aliphatic heterocycles. The van der Waals surface area contributed by atoms with E-state index in [0.29, 0.717) is 51.0 Å². The summed E-state index contributed by atoms with van der Waals surface area (Å²) < 4.78 is 34.8. The Morgan fingerprint density at radius 3 is 0.925 bits per heavy atom. The summed E-state index contributed by atoms with van der Waals surface area (Å²) in [6, 6.07) is 0. The van der Waals surface area contributed by atoms with Gasteiger partial charge in [0.05, 0.1) is 13.2 Å². The van der Waals surface area contributed by atoms with Crippen molar-refractivity contribution < 1.29 is 47.6 Å². The predicted molar refractivity (Wildman–Crippen MR) is 334 cm³/mol. The Morgan fingerprint density at radius 2 is 0.588 bits per heavy atom. The van der Waals surface area contributed by atoms with Crippen LogP contribution in [0, 0.1) is 11.8 Å². The molecule has 12 heteroatoms. The van der Waals surface area contributed by atoms with E-state index in [0.717, 1.165) is 180 Å². The molecule has 0 amide bonds. The maximum Gasteiger partial charge on any atom is 0.508 e. The third-order valence-corrected chi connectivity index (χ3v) is 16.3. The first-order chi connectivity index (χ1) is 39.1. The average molecular weight is 1140 g/mol. The molecular formula is C68H132N2O10. The first-order valence-corrected chi connectivity index (χ1v) is 34.5. The van der Waals surface area contributed by atoms with E-state index in [1.54, 1.807) is 0 Å². The van der Waals surface area contributed by atoms with E-state index in [4.69, 9.17) is 28.4 Å². The number of esters is 2. The number of unbranched alkanes of at least 4 members (excludes halogenated alkanes) is 24. The molecule has 0 saturated carbocycles. The number of hydrogen-bond acceptors (Lipinski definition) is 12. The molecule has 0 N–H and O–H groups in total. The van der Waals surface area contributed by atoms with E-state index in [1.165, 1.54) is 103 Å². The molecule has 474 valence electrons. The summed E-state index contributed by atoms with van der Waals surface area (Å²) in [6.07, 6.45) is 43.6. The lowest BCUT2D eigenvalue weighted by Gasteiger charge is -2.26. The molecule has 0 radical (unpaired) electrons. The summed E-state index contributed by atoms with van der Waals surface area (Å²) >= 11 is 0. The minimum atomic E-state index is -0.606. The molecule has 0 saturated heterocycles. The molecule has 0 aliphatic rings. The van der Waals surface area contributed by atoms with Gasteiger partial charge in [-0.15, -0.1) is 0 Å². The van der Waals surface area contributed by atoms with Gasteiger partial charge in [-0.05, 0) is 115 Å². The molecule has 0 rings (SSSR count). The smallest absolute Gasteiger partial charge is 0.465 e. The van der Waals surface area contributed by atoms with Crippen molar-refractivity contribution in [2.75, 3.05) is 65.7 Å². The van der Waals surface area contributed by atoms with Gasteiger partial charge in [-0.3, -0.25) is 14.5 Å². The van der Waals surface area contributed by atoms with E-state index >= 15 is 0 Å². The molecule has 80 heavy (non-hydrogen) atoms. The topological polar surface area (TPSA) is 130 Å². The van der Waals surface area contributed by atoms with Crippen molar-refractivity contribution in [2.24, 2.45) is 11.8 Å². The van der Waals surface area contributed by atoms with Gasteiger partial charge in [0.25, 0.3) is 0 Å². The molecule has 0 spiro atoms. The van der Waals surface area contributed by atoms with Crippen LogP contribution in [0.15, 0.2) is 0 Å². The molecule has 12 nitrogen and oxygen atoms in total. The largest absolute Gasteiger partial charge is 0.508 e. The van der Waals surface area contributed by atoms with Crippen molar-refractivity contribution in [3.8, 4) is 0 Å². The number of likely N-dealkylation sites (N-methyl/N-ethyl adjacent to an activating group) is 1. The van der Waals surface area contributed by atoms with Crippen LogP contribution in [-0.4, -0.2) is 112 Å². The van der Waals surface area contributed by atoms with Gasteiger partial charge in [-0.1, -0.05) is 222 Å². The van der Waals surface area contributed by atoms with Crippen molar-refractivity contribution in [1.82, 2.24) is 9.80 Å². The normalized spacial score (nSPS) is 13.1. The van der Waals surface area contributed by atoms with Crippen LogP contribution in [-0.2, 0) is 38.0 Å². The molecule has 0 aliphatic carbocycles. The van der Waals surface area contributed by atoms with Gasteiger partial charge in [-0.2, -0.15) is 0 Å². The van der Waals surface area contributed by atoms with Gasteiger partial charge in [0.1, 0.15) is 25.4 Å². The number of hydrogen-bond donors (Lipinski definition) is 0. The molecule has 0 heterocycles. The molecule has 4 unspecified atom stereocenters. The number of nitrogens with zero attached hydrogens (tertiary/aromatic N) is 2. The summed E-state index contributed by atoms with van der Waals surface area (Å²) in [7, 11) is 0. The average Bonchev–Trinajstić information content (AvgIpc) is 3.45. The van der Waals surface area contributed by atoms with Crippen molar-refractivity contribution in [3.05, 3.63) is 0 Å². The SMILES string of the molecule is CCCCCCC(CCCC)COC(=O)CCCCCCCCC(CCCCCC)OC(=O)OCCN(CCOC(=O)OC(CCCCCC)CCCCCCCCC(=O)OCC(CCCC)CCCCCC)CCN(CC)CC. The van der Waals surface area contributed by atoms with Crippen LogP contribution in [0.25, 0.3) is 0 Å². The van der Waals surface area contributed by atoms with Gasteiger partial charge in [-0.25, -0.2) is 9.59 Å². The fraction of sp³-hybridized carbons (Fsp3) is 0.941. The molecule has 0 aromatic heterocycles.